The molecule has 122 heavy (non-hydrogen) atoms. The highest BCUT2D eigenvalue weighted by atomic mass is 35.5. The Hall–Kier alpha value is -7.71. The highest BCUT2D eigenvalue weighted by Gasteiger charge is 2.52. The fraction of sp³-hybridized carbons (Fsp3) is 0.756. The first-order valence-corrected chi connectivity index (χ1v) is 41.5. The van der Waals surface area contributed by atoms with Crippen molar-refractivity contribution in [2.24, 2.45) is 5.73 Å². The van der Waals surface area contributed by atoms with Gasteiger partial charge in [0.1, 0.15) is 36.6 Å². The van der Waals surface area contributed by atoms with Gasteiger partial charge in [-0.1, -0.05) is 85.9 Å². The van der Waals surface area contributed by atoms with Crippen LogP contribution in [0.5, 0.6) is 0 Å². The molecule has 0 saturated carbocycles. The van der Waals surface area contributed by atoms with Gasteiger partial charge < -0.3 is 134 Å². The normalized spacial score (nSPS) is 25.9. The summed E-state index contributed by atoms with van der Waals surface area (Å²) in [5, 5.41) is 83.0. The molecule has 40 heteroatoms. The number of ether oxygens (including phenoxy) is 15. The van der Waals surface area contributed by atoms with Crippen molar-refractivity contribution in [1.82, 2.24) is 16.0 Å². The van der Waals surface area contributed by atoms with Gasteiger partial charge in [0.15, 0.2) is 61.1 Å². The van der Waals surface area contributed by atoms with E-state index < -0.39 is 164 Å². The lowest BCUT2D eigenvalue weighted by Gasteiger charge is -2.43. The number of alkyl halides is 1. The van der Waals surface area contributed by atoms with Crippen LogP contribution in [0.1, 0.15) is 212 Å². The molecule has 0 aromatic rings. The summed E-state index contributed by atoms with van der Waals surface area (Å²) in [5.41, 5.74) is 4.28. The van der Waals surface area contributed by atoms with Crippen LogP contribution in [-0.4, -0.2) is 301 Å². The number of aliphatic hydroxyl groups is 7. The van der Waals surface area contributed by atoms with Crippen molar-refractivity contribution < 1.29 is 169 Å². The molecule has 704 valence electrons. The van der Waals surface area contributed by atoms with Crippen LogP contribution in [-0.2, 0) is 129 Å². The number of nitrogens with one attached hydrogen (secondary N) is 3. The number of carbonyl (C=O) groups excluding carboxylic acids is 11. The average Bonchev–Trinajstić information content (AvgIpc) is 0.794. The van der Waals surface area contributed by atoms with E-state index in [-0.39, 0.29) is 49.3 Å². The summed E-state index contributed by atoms with van der Waals surface area (Å²) < 4.78 is 78.3. The summed E-state index contributed by atoms with van der Waals surface area (Å²) in [7, 11) is 2.72. The lowest BCUT2D eigenvalue weighted by Crippen LogP contribution is -2.61. The summed E-state index contributed by atoms with van der Waals surface area (Å²) in [6, 6.07) is 0. The van der Waals surface area contributed by atoms with Gasteiger partial charge in [-0.15, -0.1) is 0 Å². The van der Waals surface area contributed by atoms with E-state index in [1.807, 2.05) is 62.5 Å². The van der Waals surface area contributed by atoms with Gasteiger partial charge in [-0.3, -0.25) is 57.5 Å². The number of methoxy groups -OCH3 is 2. The number of hydrogen-bond donors (Lipinski definition) is 12. The molecule has 0 aromatic heterocycles. The maximum atomic E-state index is 11.8. The topological polar surface area (TPSA) is 567 Å². The Labute approximate surface area is 720 Å². The van der Waals surface area contributed by atoms with Crippen molar-refractivity contribution in [2.75, 3.05) is 66.8 Å². The number of unbranched alkanes of at least 4 members (excludes halogenated alkanes) is 8. The third kappa shape index (κ3) is 55.5. The molecule has 3 amide bonds. The molecule has 0 spiro atoms. The number of amides is 3. The molecule has 0 aliphatic carbocycles. The van der Waals surface area contributed by atoms with Crippen LogP contribution in [0.4, 0.5) is 0 Å². The van der Waals surface area contributed by atoms with Gasteiger partial charge in [0, 0.05) is 133 Å². The Balaban J connectivity index is 0. The van der Waals surface area contributed by atoms with Crippen molar-refractivity contribution >= 4 is 83.0 Å². The Morgan fingerprint density at radius 2 is 0.705 bits per heavy atom. The van der Waals surface area contributed by atoms with Gasteiger partial charge in [-0.25, -0.2) is 0 Å². The molecule has 39 nitrogen and oxygen atoms in total. The summed E-state index contributed by atoms with van der Waals surface area (Å²) in [6.07, 6.45) is 8.57. The van der Waals surface area contributed by atoms with Crippen LogP contribution in [0.15, 0.2) is 48.6 Å². The van der Waals surface area contributed by atoms with E-state index in [0.29, 0.717) is 116 Å². The Morgan fingerprint density at radius 3 is 1.08 bits per heavy atom. The highest BCUT2D eigenvalue weighted by Crippen LogP contribution is 2.32. The van der Waals surface area contributed by atoms with Crippen molar-refractivity contribution in [3.8, 4) is 0 Å². The number of halogens is 1. The molecule has 0 radical (unpaired) electrons. The first kappa shape index (κ1) is 116. The van der Waals surface area contributed by atoms with Gasteiger partial charge in [0.25, 0.3) is 0 Å². The molecule has 8 unspecified atom stereocenters. The van der Waals surface area contributed by atoms with Gasteiger partial charge in [0.05, 0.1) is 38.6 Å². The van der Waals surface area contributed by atoms with Crippen molar-refractivity contribution in [2.45, 2.75) is 334 Å². The zero-order valence-corrected chi connectivity index (χ0v) is 73.8. The van der Waals surface area contributed by atoms with E-state index >= 15 is 0 Å². The van der Waals surface area contributed by atoms with Crippen molar-refractivity contribution in [3.05, 3.63) is 48.6 Å². The van der Waals surface area contributed by atoms with Crippen molar-refractivity contribution in [1.29, 1.82) is 0 Å². The second-order valence-electron chi connectivity index (χ2n) is 28.2. The maximum absolute atomic E-state index is 11.8. The van der Waals surface area contributed by atoms with E-state index in [2.05, 4.69) is 25.4 Å². The number of hydrogen-bond acceptors (Lipinski definition) is 35. The summed E-state index contributed by atoms with van der Waals surface area (Å²) in [6.45, 7) is 20.4. The first-order chi connectivity index (χ1) is 57.8. The zero-order chi connectivity index (χ0) is 92.7. The maximum Gasteiger partial charge on any atom is 0.305 e. The number of allylic oxidation sites excluding steroid dienone is 8. The Kier molecular flexibility index (Phi) is 67.3. The van der Waals surface area contributed by atoms with E-state index in [0.717, 1.165) is 44.9 Å². The Bertz CT molecular complexity index is 3070. The fourth-order valence-corrected chi connectivity index (χ4v) is 11.6. The molecule has 4 heterocycles. The third-order valence-electron chi connectivity index (χ3n) is 17.5. The monoisotopic (exact) mass is 1770 g/mol. The quantitative estimate of drug-likeness (QED) is 0.0136. The Morgan fingerprint density at radius 1 is 0.377 bits per heavy atom. The van der Waals surface area contributed by atoms with E-state index in [1.54, 1.807) is 27.7 Å². The number of nitrogens with two attached hydrogens (primary N) is 1. The van der Waals surface area contributed by atoms with Gasteiger partial charge in [-0.2, -0.15) is 0 Å². The number of aliphatic hydroxyl groups excluding tert-OH is 7. The average molecular weight is 1780 g/mol. The molecule has 4 rings (SSSR count). The smallest absolute Gasteiger partial charge is 0.305 e. The number of aliphatic carboxylic acids is 1. The zero-order valence-electron chi connectivity index (χ0n) is 73.0. The second kappa shape index (κ2) is 70.6. The third-order valence-corrected chi connectivity index (χ3v) is 17.9. The first-order valence-electron chi connectivity index (χ1n) is 41.0. The number of rotatable bonds is 45. The number of carboxylic acids is 1. The molecule has 4 aliphatic rings. The standard InChI is InChI=1S/C22H38N2O7.C19H30O10.C14H28N2O6.C12H17ClO7.C8H12O2.C7H14O3/c1-3-4-5-6-8-11-17(25)23-13-14-24-18(26)12-9-7-10-15-30-22-21(29)20(28)19(27)16(2)31-22;1-11-16(27-12(2)20)17(28-13(3)21)18(29-14(4)22)19(26-11)25-10-8-6-7-9-15(23)24-5;1-9-11(18)12(19)13(20)14(22-9)21-8-4-2-3-5-10(17)16-7-6-15;1-5-9(18-6(2)14)10(19-7(3)15)11(12(13)17-5)20-8(4)16;1-2-3-4-5-6-7-8(9)10;1-10-7(9)5-3-2-4-6-8/h3-6,16,19-22,27-29H,7-15H2,1-2H3,(H,23,25)(H,24,26);11,16-19H,6-10H2,1-5H3;9,11-14,18-20H,2-8,15H2,1H3,(H,16,17);5,9-12H,1-4H3;2-5H,6-7H2,1H3,(H,9,10);8H,2-6H2,1H3/b4-3+,6-5+;;;;3-2+,5-4+;/t16?,19-,20-,21?,22+;11?,16-,17-,18?,19+;9?,11-,12-,13?,14+;5?,9-,10-,11?,12+;;/m0000../s1. The summed E-state index contributed by atoms with van der Waals surface area (Å²) in [5.74, 6) is -4.94. The molecular formula is C82H139ClN4O35. The molecule has 0 aromatic carbocycles. The largest absolute Gasteiger partial charge is 0.481 e. The number of carboxylic acid groups (broad SMARTS) is 1. The predicted octanol–water partition coefficient (Wildman–Crippen LogP) is 3.74. The number of esters is 8. The van der Waals surface area contributed by atoms with E-state index in [4.69, 9.17) is 89.1 Å². The molecule has 4 saturated heterocycles. The number of carbonyl (C=O) groups is 12. The van der Waals surface area contributed by atoms with Crippen LogP contribution < -0.4 is 21.7 Å². The van der Waals surface area contributed by atoms with Crippen LogP contribution in [0.2, 0.25) is 0 Å². The molecular weight excluding hydrogens is 1640 g/mol. The minimum absolute atomic E-state index is 0.0108. The minimum atomic E-state index is -1.30. The van der Waals surface area contributed by atoms with Crippen LogP contribution >= 0.6 is 11.6 Å². The molecule has 20 atom stereocenters. The predicted molar refractivity (Wildman–Crippen MR) is 437 cm³/mol. The lowest BCUT2D eigenvalue weighted by atomic mass is 9.99. The SMILES string of the molecule is C/C=C/C=C/CCC(=O)NCCNC(=O)CCCCCO[C@@H]1OC(C)[C@H](O)[C@H](O)C1O.C/C=C/C=C/CCC(=O)O.CC(=O)OC1[C@H](Cl)OC(C)[C@H](OC(C)=O)[C@@H]1OC(C)=O.CC1O[C@@H](OCCCCCC(=O)NCCN)C(O)[C@@H](O)[C@H]1O.COC(=O)CCCCCO.COC(=O)CCCCCO[C@@H]1OC(C)[C@H](OC(C)=O)[C@H](OC(C)=O)C1OC(C)=O. The van der Waals surface area contributed by atoms with Gasteiger partial charge >= 0.3 is 53.7 Å². The molecule has 4 fully saturated rings. The van der Waals surface area contributed by atoms with Gasteiger partial charge in [-0.05, 0) is 106 Å². The van der Waals surface area contributed by atoms with Crippen molar-refractivity contribution in [3.63, 3.8) is 0 Å². The highest BCUT2D eigenvalue weighted by molar-refractivity contribution is 6.20. The summed E-state index contributed by atoms with van der Waals surface area (Å²) >= 11 is 5.97. The summed E-state index contributed by atoms with van der Waals surface area (Å²) in [4.78, 5) is 134. The second-order valence-corrected chi connectivity index (χ2v) is 28.6. The van der Waals surface area contributed by atoms with Crippen LogP contribution in [0.3, 0.4) is 0 Å². The van der Waals surface area contributed by atoms with Crippen LogP contribution in [0, 0.1) is 0 Å². The van der Waals surface area contributed by atoms with E-state index in [1.165, 1.54) is 55.8 Å². The van der Waals surface area contributed by atoms with Gasteiger partial charge in [0.2, 0.25) is 17.7 Å². The minimum Gasteiger partial charge on any atom is -0.481 e. The fourth-order valence-electron chi connectivity index (χ4n) is 11.3. The van der Waals surface area contributed by atoms with Crippen LogP contribution in [0.25, 0.3) is 0 Å². The van der Waals surface area contributed by atoms with E-state index in [9.17, 15) is 88.2 Å². The lowest BCUT2D eigenvalue weighted by molar-refractivity contribution is -0.300. The molecule has 13 N–H and O–H groups in total. The molecule has 0 bridgehead atoms. The molecule has 4 aliphatic heterocycles.